The molecule has 80 valence electrons. The van der Waals surface area contributed by atoms with E-state index < -0.39 is 0 Å². The Morgan fingerprint density at radius 2 is 1.93 bits per heavy atom. The lowest BCUT2D eigenvalue weighted by atomic mass is 9.68. The summed E-state index contributed by atoms with van der Waals surface area (Å²) in [6.07, 6.45) is 6.81. The summed E-state index contributed by atoms with van der Waals surface area (Å²) in [7, 11) is 0. The molecule has 2 fully saturated rings. The molecule has 1 saturated carbocycles. The first-order valence-corrected chi connectivity index (χ1v) is 5.65. The van der Waals surface area contributed by atoms with Gasteiger partial charge in [0, 0.05) is 5.92 Å². The van der Waals surface area contributed by atoms with E-state index in [4.69, 9.17) is 4.74 Å². The van der Waals surface area contributed by atoms with Gasteiger partial charge in [0.2, 0.25) is 0 Å². The zero-order valence-corrected chi connectivity index (χ0v) is 9.21. The second-order valence-corrected chi connectivity index (χ2v) is 5.70. The Bertz CT molecular complexity index is 224. The van der Waals surface area contributed by atoms with Crippen LogP contribution < -0.4 is 0 Å². The van der Waals surface area contributed by atoms with E-state index in [-0.39, 0.29) is 5.60 Å². The summed E-state index contributed by atoms with van der Waals surface area (Å²) in [4.78, 5) is 10.7. The average molecular weight is 196 g/mol. The fourth-order valence-corrected chi connectivity index (χ4v) is 3.06. The molecule has 1 spiro atoms. The first-order chi connectivity index (χ1) is 6.55. The zero-order chi connectivity index (χ0) is 10.2. The van der Waals surface area contributed by atoms with E-state index in [1.54, 1.807) is 0 Å². The van der Waals surface area contributed by atoms with Crippen LogP contribution in [-0.2, 0) is 9.53 Å². The summed E-state index contributed by atoms with van der Waals surface area (Å²) in [5.74, 6) is 0.323. The van der Waals surface area contributed by atoms with E-state index in [9.17, 15) is 4.79 Å². The number of aldehydes is 1. The number of hydrogen-bond donors (Lipinski definition) is 0. The maximum atomic E-state index is 10.7. The Labute approximate surface area is 86.0 Å². The van der Waals surface area contributed by atoms with Gasteiger partial charge in [-0.3, -0.25) is 0 Å². The fraction of sp³-hybridized carbons (Fsp3) is 0.917. The standard InChI is InChI=1S/C12H20O2/c1-11(2)8-12(9-14-11)5-3-10(7-13)4-6-12/h7,10H,3-6,8-9H2,1-2H3. The van der Waals surface area contributed by atoms with Crippen molar-refractivity contribution >= 4 is 6.29 Å². The van der Waals surface area contributed by atoms with E-state index in [0.717, 1.165) is 25.7 Å². The van der Waals surface area contributed by atoms with E-state index in [1.807, 2.05) is 0 Å². The molecule has 1 aliphatic carbocycles. The summed E-state index contributed by atoms with van der Waals surface area (Å²) in [5, 5.41) is 0. The maximum Gasteiger partial charge on any atom is 0.123 e. The van der Waals surface area contributed by atoms with Crippen LogP contribution in [0.4, 0.5) is 0 Å². The molecule has 0 aromatic carbocycles. The van der Waals surface area contributed by atoms with Crippen molar-refractivity contribution in [2.75, 3.05) is 6.61 Å². The highest BCUT2D eigenvalue weighted by molar-refractivity contribution is 5.53. The van der Waals surface area contributed by atoms with Gasteiger partial charge in [-0.1, -0.05) is 0 Å². The average Bonchev–Trinajstić information content (AvgIpc) is 2.44. The minimum absolute atomic E-state index is 0.0635. The monoisotopic (exact) mass is 196 g/mol. The second kappa shape index (κ2) is 3.34. The van der Waals surface area contributed by atoms with E-state index in [1.165, 1.54) is 19.3 Å². The van der Waals surface area contributed by atoms with Crippen LogP contribution in [0.15, 0.2) is 0 Å². The summed E-state index contributed by atoms with van der Waals surface area (Å²) in [6.45, 7) is 5.26. The van der Waals surface area contributed by atoms with Crippen molar-refractivity contribution in [3.63, 3.8) is 0 Å². The van der Waals surface area contributed by atoms with Gasteiger partial charge in [0.1, 0.15) is 6.29 Å². The highest BCUT2D eigenvalue weighted by Crippen LogP contribution is 2.49. The molecule has 0 aromatic rings. The van der Waals surface area contributed by atoms with E-state index in [0.29, 0.717) is 11.3 Å². The fourth-order valence-electron chi connectivity index (χ4n) is 3.06. The Balaban J connectivity index is 1.97. The molecule has 2 heteroatoms. The number of carbonyl (C=O) groups is 1. The van der Waals surface area contributed by atoms with Crippen LogP contribution in [0.25, 0.3) is 0 Å². The summed E-state index contributed by atoms with van der Waals surface area (Å²) < 4.78 is 5.81. The van der Waals surface area contributed by atoms with Gasteiger partial charge in [0.25, 0.3) is 0 Å². The molecule has 14 heavy (non-hydrogen) atoms. The van der Waals surface area contributed by atoms with Gasteiger partial charge in [-0.05, 0) is 51.4 Å². The molecule has 0 bridgehead atoms. The third-order valence-electron chi connectivity index (χ3n) is 3.85. The predicted octanol–water partition coefficient (Wildman–Crippen LogP) is 2.56. The molecule has 0 N–H and O–H groups in total. The van der Waals surface area contributed by atoms with Crippen LogP contribution in [0.3, 0.4) is 0 Å². The molecule has 2 rings (SSSR count). The Morgan fingerprint density at radius 3 is 2.36 bits per heavy atom. The zero-order valence-electron chi connectivity index (χ0n) is 9.21. The molecule has 0 unspecified atom stereocenters. The normalized spacial score (nSPS) is 41.4. The summed E-state index contributed by atoms with van der Waals surface area (Å²) in [6, 6.07) is 0. The summed E-state index contributed by atoms with van der Waals surface area (Å²) >= 11 is 0. The van der Waals surface area contributed by atoms with Crippen molar-refractivity contribution in [1.29, 1.82) is 0 Å². The van der Waals surface area contributed by atoms with Crippen molar-refractivity contribution in [1.82, 2.24) is 0 Å². The van der Waals surface area contributed by atoms with Gasteiger partial charge < -0.3 is 9.53 Å². The van der Waals surface area contributed by atoms with Crippen molar-refractivity contribution < 1.29 is 9.53 Å². The van der Waals surface area contributed by atoms with Gasteiger partial charge in [-0.25, -0.2) is 0 Å². The molecule has 0 amide bonds. The number of ether oxygens (including phenoxy) is 1. The molecule has 0 radical (unpaired) electrons. The van der Waals surface area contributed by atoms with Crippen LogP contribution >= 0.6 is 0 Å². The SMILES string of the molecule is CC1(C)CC2(CCC(C=O)CC2)CO1. The van der Waals surface area contributed by atoms with E-state index in [2.05, 4.69) is 13.8 Å². The lowest BCUT2D eigenvalue weighted by Crippen LogP contribution is -2.29. The Kier molecular flexibility index (Phi) is 2.42. The number of carbonyl (C=O) groups excluding carboxylic acids is 1. The van der Waals surface area contributed by atoms with Crippen molar-refractivity contribution in [2.45, 2.75) is 51.6 Å². The number of hydrogen-bond acceptors (Lipinski definition) is 2. The second-order valence-electron chi connectivity index (χ2n) is 5.70. The third kappa shape index (κ3) is 1.85. The van der Waals surface area contributed by atoms with Gasteiger partial charge in [-0.2, -0.15) is 0 Å². The molecule has 2 nitrogen and oxygen atoms in total. The van der Waals surface area contributed by atoms with Gasteiger partial charge >= 0.3 is 0 Å². The van der Waals surface area contributed by atoms with Gasteiger partial charge in [0.05, 0.1) is 12.2 Å². The van der Waals surface area contributed by atoms with Crippen molar-refractivity contribution in [3.05, 3.63) is 0 Å². The lowest BCUT2D eigenvalue weighted by Gasteiger charge is -2.34. The third-order valence-corrected chi connectivity index (χ3v) is 3.85. The first kappa shape index (κ1) is 10.2. The molecule has 1 aliphatic heterocycles. The Morgan fingerprint density at radius 1 is 1.29 bits per heavy atom. The van der Waals surface area contributed by atoms with Crippen LogP contribution in [-0.4, -0.2) is 18.5 Å². The van der Waals surface area contributed by atoms with Crippen LogP contribution in [0.5, 0.6) is 0 Å². The Hall–Kier alpha value is -0.370. The molecule has 1 heterocycles. The minimum Gasteiger partial charge on any atom is -0.375 e. The topological polar surface area (TPSA) is 26.3 Å². The largest absolute Gasteiger partial charge is 0.375 e. The highest BCUT2D eigenvalue weighted by Gasteiger charge is 2.45. The quantitative estimate of drug-likeness (QED) is 0.602. The molecular weight excluding hydrogens is 176 g/mol. The first-order valence-electron chi connectivity index (χ1n) is 5.65. The molecular formula is C12H20O2. The van der Waals surface area contributed by atoms with Crippen molar-refractivity contribution in [3.8, 4) is 0 Å². The van der Waals surface area contributed by atoms with Gasteiger partial charge in [-0.15, -0.1) is 0 Å². The van der Waals surface area contributed by atoms with Crippen LogP contribution in [0.1, 0.15) is 46.0 Å². The smallest absolute Gasteiger partial charge is 0.123 e. The molecule has 1 saturated heterocycles. The molecule has 0 aromatic heterocycles. The molecule has 0 atom stereocenters. The van der Waals surface area contributed by atoms with Gasteiger partial charge in [0.15, 0.2) is 0 Å². The highest BCUT2D eigenvalue weighted by atomic mass is 16.5. The predicted molar refractivity (Wildman–Crippen MR) is 55.1 cm³/mol. The number of rotatable bonds is 1. The molecule has 2 aliphatic rings. The maximum absolute atomic E-state index is 10.7. The summed E-state index contributed by atoms with van der Waals surface area (Å²) in [5.41, 5.74) is 0.469. The van der Waals surface area contributed by atoms with Crippen molar-refractivity contribution in [2.24, 2.45) is 11.3 Å². The lowest BCUT2D eigenvalue weighted by molar-refractivity contribution is -0.112. The van der Waals surface area contributed by atoms with Crippen LogP contribution in [0.2, 0.25) is 0 Å². The minimum atomic E-state index is 0.0635. The van der Waals surface area contributed by atoms with Crippen LogP contribution in [0, 0.1) is 11.3 Å². The van der Waals surface area contributed by atoms with E-state index >= 15 is 0 Å².